The van der Waals surface area contributed by atoms with Crippen LogP contribution in [0.1, 0.15) is 36.5 Å². The third-order valence-corrected chi connectivity index (χ3v) is 6.42. The van der Waals surface area contributed by atoms with E-state index < -0.39 is 23.8 Å². The maximum atomic E-state index is 15.2. The number of imidazole rings is 1. The Morgan fingerprint density at radius 3 is 2.63 bits per heavy atom. The van der Waals surface area contributed by atoms with Crippen LogP contribution in [0.25, 0.3) is 22.1 Å². The van der Waals surface area contributed by atoms with E-state index >= 15 is 4.39 Å². The number of nitrogens with two attached hydrogens (primary N) is 1. The summed E-state index contributed by atoms with van der Waals surface area (Å²) in [4.78, 5) is 21.6. The molecule has 41 heavy (non-hydrogen) atoms. The molecule has 1 aliphatic heterocycles. The van der Waals surface area contributed by atoms with Gasteiger partial charge in [-0.1, -0.05) is 5.92 Å². The third kappa shape index (κ3) is 5.91. The number of nitrogen functional groups attached to an aromatic ring is 1. The Labute approximate surface area is 229 Å². The van der Waals surface area contributed by atoms with Crippen LogP contribution in [0.4, 0.5) is 27.8 Å². The van der Waals surface area contributed by atoms with E-state index in [-0.39, 0.29) is 34.7 Å². The topological polar surface area (TPSA) is 146 Å². The number of carboxylic acids is 1. The second-order valence-corrected chi connectivity index (χ2v) is 9.07. The summed E-state index contributed by atoms with van der Waals surface area (Å²) < 4.78 is 70.6. The van der Waals surface area contributed by atoms with Crippen molar-refractivity contribution in [2.45, 2.75) is 45.1 Å². The fraction of sp³-hybridized carbons (Fsp3) is 0.400. The third-order valence-electron chi connectivity index (χ3n) is 6.42. The number of hydrogen-bond donors (Lipinski definition) is 3. The van der Waals surface area contributed by atoms with Gasteiger partial charge in [-0.25, -0.2) is 33.2 Å². The molecule has 1 fully saturated rings. The monoisotopic (exact) mass is 580 g/mol. The molecule has 11 nitrogen and oxygen atoms in total. The molecule has 0 unspecified atom stereocenters. The number of anilines is 1. The SMILES string of the molecule is CCn1c(C)nc2c(F)c(C#Cc3nn([C@@H]4CN[C@@H](COC)C4)c4ncnc(N)c34)c(F)cc21.O=C(O)C(F)(F)F. The molecular formula is C25H25F5N8O3. The minimum Gasteiger partial charge on any atom is -0.475 e. The molecular weight excluding hydrogens is 555 g/mol. The van der Waals surface area contributed by atoms with Crippen molar-refractivity contribution in [3.05, 3.63) is 41.1 Å². The molecule has 218 valence electrons. The van der Waals surface area contributed by atoms with Crippen molar-refractivity contribution >= 4 is 33.9 Å². The van der Waals surface area contributed by atoms with Gasteiger partial charge in [-0.2, -0.15) is 18.3 Å². The lowest BCUT2D eigenvalue weighted by Crippen LogP contribution is -2.25. The molecule has 0 amide bonds. The van der Waals surface area contributed by atoms with Gasteiger partial charge in [-0.15, -0.1) is 0 Å². The Morgan fingerprint density at radius 1 is 1.29 bits per heavy atom. The van der Waals surface area contributed by atoms with Crippen LogP contribution in [0.15, 0.2) is 12.4 Å². The molecule has 4 aromatic rings. The lowest BCUT2D eigenvalue weighted by atomic mass is 10.1. The molecule has 3 aromatic heterocycles. The predicted molar refractivity (Wildman–Crippen MR) is 137 cm³/mol. The van der Waals surface area contributed by atoms with Crippen LogP contribution >= 0.6 is 0 Å². The number of hydrogen-bond acceptors (Lipinski definition) is 8. The molecule has 0 radical (unpaired) electrons. The van der Waals surface area contributed by atoms with Gasteiger partial charge in [0.25, 0.3) is 0 Å². The van der Waals surface area contributed by atoms with Gasteiger partial charge in [0, 0.05) is 32.3 Å². The van der Waals surface area contributed by atoms with Gasteiger partial charge >= 0.3 is 12.1 Å². The van der Waals surface area contributed by atoms with Crippen LogP contribution in [0.2, 0.25) is 0 Å². The van der Waals surface area contributed by atoms with Crippen LogP contribution < -0.4 is 11.1 Å². The Balaban J connectivity index is 0.000000493. The maximum Gasteiger partial charge on any atom is 0.490 e. The first kappa shape index (κ1) is 29.6. The van der Waals surface area contributed by atoms with E-state index in [1.165, 1.54) is 12.4 Å². The quantitative estimate of drug-likeness (QED) is 0.245. The highest BCUT2D eigenvalue weighted by molar-refractivity contribution is 5.90. The summed E-state index contributed by atoms with van der Waals surface area (Å²) in [6.45, 7) is 5.44. The van der Waals surface area contributed by atoms with Crippen molar-refractivity contribution in [3.63, 3.8) is 0 Å². The average molecular weight is 581 g/mol. The predicted octanol–water partition coefficient (Wildman–Crippen LogP) is 2.95. The van der Waals surface area contributed by atoms with E-state index in [0.717, 1.165) is 6.42 Å². The Morgan fingerprint density at radius 2 is 2.00 bits per heavy atom. The number of ether oxygens (including phenoxy) is 1. The normalized spacial score (nSPS) is 16.9. The number of nitrogens with one attached hydrogen (secondary N) is 1. The largest absolute Gasteiger partial charge is 0.490 e. The number of halogens is 5. The number of fused-ring (bicyclic) bond motifs is 2. The highest BCUT2D eigenvalue weighted by Crippen LogP contribution is 2.28. The fourth-order valence-electron chi connectivity index (χ4n) is 4.59. The van der Waals surface area contributed by atoms with Gasteiger partial charge in [0.05, 0.1) is 29.1 Å². The van der Waals surface area contributed by atoms with Gasteiger partial charge in [-0.3, -0.25) is 0 Å². The van der Waals surface area contributed by atoms with Gasteiger partial charge in [0.1, 0.15) is 35.0 Å². The summed E-state index contributed by atoms with van der Waals surface area (Å²) in [5, 5.41) is 15.6. The van der Waals surface area contributed by atoms with Crippen LogP contribution in [-0.2, 0) is 16.1 Å². The highest BCUT2D eigenvalue weighted by atomic mass is 19.4. The van der Waals surface area contributed by atoms with Gasteiger partial charge < -0.3 is 25.5 Å². The number of methoxy groups -OCH3 is 1. The molecule has 16 heteroatoms. The first-order valence-electron chi connectivity index (χ1n) is 12.2. The van der Waals surface area contributed by atoms with Crippen molar-refractivity contribution in [2.75, 3.05) is 26.0 Å². The Hall–Kier alpha value is -4.36. The lowest BCUT2D eigenvalue weighted by Gasteiger charge is -2.10. The zero-order chi connectivity index (χ0) is 30.1. The van der Waals surface area contributed by atoms with Crippen molar-refractivity contribution in [2.24, 2.45) is 0 Å². The number of carbonyl (C=O) groups is 1. The number of rotatable bonds is 4. The van der Waals surface area contributed by atoms with Crippen LogP contribution in [0.5, 0.6) is 0 Å². The molecule has 5 rings (SSSR count). The molecule has 1 saturated heterocycles. The summed E-state index contributed by atoms with van der Waals surface area (Å²) >= 11 is 0. The molecule has 0 spiro atoms. The van der Waals surface area contributed by atoms with Crippen LogP contribution in [0.3, 0.4) is 0 Å². The second kappa shape index (κ2) is 11.6. The first-order chi connectivity index (χ1) is 19.4. The van der Waals surface area contributed by atoms with E-state index in [1.54, 1.807) is 23.3 Å². The van der Waals surface area contributed by atoms with E-state index in [4.69, 9.17) is 20.4 Å². The van der Waals surface area contributed by atoms with E-state index in [9.17, 15) is 17.6 Å². The standard InChI is InChI=1S/C23H24F2N8O.C2HF3O2/c1-4-32-12(2)30-21-18(32)8-16(24)15(20(21)25)5-6-17-19-22(26)28-11-29-23(19)33(31-17)14-7-13(10-34-3)27-9-14;3-2(4,5)1(6)7/h8,11,13-14,27H,4,7,9-10H2,1-3H3,(H2,26,28,29);(H,6,7)/t13-,14+;/m1./s1. The first-order valence-corrected chi connectivity index (χ1v) is 12.2. The molecule has 1 aromatic carbocycles. The van der Waals surface area contributed by atoms with Crippen LogP contribution in [-0.4, -0.2) is 72.9 Å². The van der Waals surface area contributed by atoms with Gasteiger partial charge in [0.2, 0.25) is 0 Å². The average Bonchev–Trinajstić information content (AvgIpc) is 3.60. The van der Waals surface area contributed by atoms with E-state index in [0.29, 0.717) is 42.1 Å². The molecule has 4 N–H and O–H groups in total. The molecule has 0 saturated carbocycles. The molecule has 1 aliphatic rings. The van der Waals surface area contributed by atoms with E-state index in [1.807, 2.05) is 6.92 Å². The van der Waals surface area contributed by atoms with Crippen LogP contribution in [0, 0.1) is 30.4 Å². The number of aromatic nitrogens is 6. The zero-order valence-corrected chi connectivity index (χ0v) is 22.1. The lowest BCUT2D eigenvalue weighted by molar-refractivity contribution is -0.192. The number of nitrogens with zero attached hydrogens (tertiary/aromatic N) is 6. The summed E-state index contributed by atoms with van der Waals surface area (Å²) in [5.41, 5.74) is 7.01. The van der Waals surface area contributed by atoms with Gasteiger partial charge in [-0.05, 0) is 26.2 Å². The molecule has 4 heterocycles. The zero-order valence-electron chi connectivity index (χ0n) is 22.1. The maximum absolute atomic E-state index is 15.2. The summed E-state index contributed by atoms with van der Waals surface area (Å²) in [6, 6.07) is 1.45. The summed E-state index contributed by atoms with van der Waals surface area (Å²) in [5.74, 6) is 1.91. The number of aliphatic carboxylic acids is 1. The minimum absolute atomic E-state index is 0.00157. The van der Waals surface area contributed by atoms with Crippen molar-refractivity contribution < 1.29 is 36.6 Å². The molecule has 2 atom stereocenters. The molecule has 0 aliphatic carbocycles. The highest BCUT2D eigenvalue weighted by Gasteiger charge is 2.38. The van der Waals surface area contributed by atoms with Crippen molar-refractivity contribution in [1.82, 2.24) is 34.6 Å². The second-order valence-electron chi connectivity index (χ2n) is 9.07. The summed E-state index contributed by atoms with van der Waals surface area (Å²) in [6.07, 6.45) is -2.94. The minimum atomic E-state index is -5.08. The molecule has 0 bridgehead atoms. The Bertz CT molecular complexity index is 1670. The smallest absolute Gasteiger partial charge is 0.475 e. The number of benzene rings is 1. The van der Waals surface area contributed by atoms with Gasteiger partial charge in [0.15, 0.2) is 11.5 Å². The van der Waals surface area contributed by atoms with Crippen molar-refractivity contribution in [1.29, 1.82) is 0 Å². The number of carboxylic acid groups (broad SMARTS) is 1. The number of aryl methyl sites for hydroxylation is 2. The van der Waals surface area contributed by atoms with E-state index in [2.05, 4.69) is 37.2 Å². The van der Waals surface area contributed by atoms with Crippen molar-refractivity contribution in [3.8, 4) is 11.8 Å². The number of alkyl halides is 3. The Kier molecular flexibility index (Phi) is 8.40. The summed E-state index contributed by atoms with van der Waals surface area (Å²) in [7, 11) is 1.66. The fourth-order valence-corrected chi connectivity index (χ4v) is 4.59.